The van der Waals surface area contributed by atoms with Gasteiger partial charge < -0.3 is 14.8 Å². The quantitative estimate of drug-likeness (QED) is 0.590. The van der Waals surface area contributed by atoms with E-state index in [9.17, 15) is 9.59 Å². The number of hydrogen-bond donors (Lipinski definition) is 1. The Hall–Kier alpha value is -3.16. The standard InChI is InChI=1S/C24H24ClN3O4/c1-16-13-22(29)23(27-28(16)19-8-6-18(25)7-9-19)24(30)26-14-17-4-10-20(11-5-17)32-15-21-3-2-12-31-21/h4-11,13,21H,2-3,12,14-15H2,1H3,(H,26,30). The fourth-order valence-corrected chi connectivity index (χ4v) is 3.61. The Balaban J connectivity index is 1.39. The van der Waals surface area contributed by atoms with Crippen LogP contribution in [-0.2, 0) is 11.3 Å². The Morgan fingerprint density at radius 2 is 1.97 bits per heavy atom. The smallest absolute Gasteiger partial charge is 0.276 e. The first-order valence-electron chi connectivity index (χ1n) is 10.5. The molecule has 1 amide bonds. The highest BCUT2D eigenvalue weighted by Crippen LogP contribution is 2.17. The van der Waals surface area contributed by atoms with E-state index >= 15 is 0 Å². The van der Waals surface area contributed by atoms with Gasteiger partial charge in [0, 0.05) is 29.9 Å². The third-order valence-corrected chi connectivity index (χ3v) is 5.48. The Morgan fingerprint density at radius 3 is 2.66 bits per heavy atom. The maximum absolute atomic E-state index is 12.7. The predicted octanol–water partition coefficient (Wildman–Crippen LogP) is 3.68. The van der Waals surface area contributed by atoms with Gasteiger partial charge in [0.2, 0.25) is 5.43 Å². The molecule has 1 N–H and O–H groups in total. The lowest BCUT2D eigenvalue weighted by atomic mass is 10.2. The normalized spacial score (nSPS) is 15.5. The van der Waals surface area contributed by atoms with Crippen LogP contribution in [0.1, 0.15) is 34.6 Å². The van der Waals surface area contributed by atoms with Gasteiger partial charge in [-0.15, -0.1) is 0 Å². The Labute approximate surface area is 190 Å². The molecule has 1 fully saturated rings. The van der Waals surface area contributed by atoms with E-state index in [0.29, 0.717) is 23.0 Å². The van der Waals surface area contributed by atoms with Crippen molar-refractivity contribution in [2.75, 3.05) is 13.2 Å². The van der Waals surface area contributed by atoms with Gasteiger partial charge in [0.15, 0.2) is 5.69 Å². The zero-order chi connectivity index (χ0) is 22.5. The van der Waals surface area contributed by atoms with Gasteiger partial charge in [-0.2, -0.15) is 5.10 Å². The maximum atomic E-state index is 12.7. The predicted molar refractivity (Wildman–Crippen MR) is 122 cm³/mol. The average molecular weight is 454 g/mol. The number of rotatable bonds is 7. The Morgan fingerprint density at radius 1 is 1.22 bits per heavy atom. The van der Waals surface area contributed by atoms with Crippen molar-refractivity contribution < 1.29 is 14.3 Å². The second kappa shape index (κ2) is 9.97. The molecule has 0 spiro atoms. The van der Waals surface area contributed by atoms with Crippen LogP contribution in [0.3, 0.4) is 0 Å². The number of aromatic nitrogens is 2. The highest BCUT2D eigenvalue weighted by Gasteiger charge is 2.17. The van der Waals surface area contributed by atoms with Crippen molar-refractivity contribution in [3.63, 3.8) is 0 Å². The second-order valence-corrected chi connectivity index (χ2v) is 8.10. The number of hydrogen-bond acceptors (Lipinski definition) is 5. The molecule has 1 saturated heterocycles. The number of nitrogens with zero attached hydrogens (tertiary/aromatic N) is 2. The van der Waals surface area contributed by atoms with Crippen LogP contribution < -0.4 is 15.5 Å². The van der Waals surface area contributed by atoms with Gasteiger partial charge in [0.05, 0.1) is 11.8 Å². The number of carbonyl (C=O) groups excluding carboxylic acids is 1. The van der Waals surface area contributed by atoms with Crippen molar-refractivity contribution in [3.8, 4) is 11.4 Å². The van der Waals surface area contributed by atoms with E-state index in [2.05, 4.69) is 10.4 Å². The number of aryl methyl sites for hydroxylation is 1. The highest BCUT2D eigenvalue weighted by atomic mass is 35.5. The van der Waals surface area contributed by atoms with Gasteiger partial charge in [0.25, 0.3) is 5.91 Å². The Bertz CT molecular complexity index is 1140. The molecule has 7 nitrogen and oxygen atoms in total. The zero-order valence-corrected chi connectivity index (χ0v) is 18.5. The summed E-state index contributed by atoms with van der Waals surface area (Å²) >= 11 is 5.95. The van der Waals surface area contributed by atoms with Gasteiger partial charge in [0.1, 0.15) is 12.4 Å². The van der Waals surface area contributed by atoms with Crippen LogP contribution in [0, 0.1) is 6.92 Å². The van der Waals surface area contributed by atoms with Crippen molar-refractivity contribution in [1.29, 1.82) is 0 Å². The summed E-state index contributed by atoms with van der Waals surface area (Å²) in [6.07, 6.45) is 2.26. The van der Waals surface area contributed by atoms with Gasteiger partial charge in [-0.25, -0.2) is 4.68 Å². The first-order chi connectivity index (χ1) is 15.5. The molecule has 1 aliphatic rings. The van der Waals surface area contributed by atoms with Crippen molar-refractivity contribution in [2.45, 2.75) is 32.4 Å². The number of halogens is 1. The van der Waals surface area contributed by atoms with Crippen LogP contribution >= 0.6 is 11.6 Å². The zero-order valence-electron chi connectivity index (χ0n) is 17.7. The van der Waals surface area contributed by atoms with Gasteiger partial charge in [-0.05, 0) is 61.7 Å². The summed E-state index contributed by atoms with van der Waals surface area (Å²) in [4.78, 5) is 25.0. The van der Waals surface area contributed by atoms with E-state index < -0.39 is 11.3 Å². The molecule has 0 aliphatic carbocycles. The molecule has 166 valence electrons. The molecule has 1 aromatic heterocycles. The van der Waals surface area contributed by atoms with E-state index in [0.717, 1.165) is 30.8 Å². The minimum absolute atomic E-state index is 0.160. The molecule has 3 aromatic rings. The number of carbonyl (C=O) groups is 1. The van der Waals surface area contributed by atoms with E-state index in [1.165, 1.54) is 6.07 Å². The Kier molecular flexibility index (Phi) is 6.87. The number of ether oxygens (including phenoxy) is 2. The minimum Gasteiger partial charge on any atom is -0.491 e. The first-order valence-corrected chi connectivity index (χ1v) is 10.9. The molecular weight excluding hydrogens is 430 g/mol. The maximum Gasteiger partial charge on any atom is 0.276 e. The SMILES string of the molecule is Cc1cc(=O)c(C(=O)NCc2ccc(OCC3CCCO3)cc2)nn1-c1ccc(Cl)cc1. The first kappa shape index (κ1) is 22.0. The van der Waals surface area contributed by atoms with Crippen LogP contribution in [0.2, 0.25) is 5.02 Å². The van der Waals surface area contributed by atoms with Crippen LogP contribution in [0.15, 0.2) is 59.4 Å². The molecule has 1 unspecified atom stereocenters. The lowest BCUT2D eigenvalue weighted by molar-refractivity contribution is 0.0679. The molecule has 2 heterocycles. The summed E-state index contributed by atoms with van der Waals surface area (Å²) in [6, 6.07) is 15.9. The summed E-state index contributed by atoms with van der Waals surface area (Å²) in [5.41, 5.74) is 1.62. The summed E-state index contributed by atoms with van der Waals surface area (Å²) in [5, 5.41) is 7.63. The van der Waals surface area contributed by atoms with E-state index in [4.69, 9.17) is 21.1 Å². The average Bonchev–Trinajstić information content (AvgIpc) is 3.31. The van der Waals surface area contributed by atoms with Crippen molar-refractivity contribution in [2.24, 2.45) is 0 Å². The van der Waals surface area contributed by atoms with E-state index in [-0.39, 0.29) is 18.3 Å². The fourth-order valence-electron chi connectivity index (χ4n) is 3.48. The van der Waals surface area contributed by atoms with Crippen LogP contribution in [0.4, 0.5) is 0 Å². The van der Waals surface area contributed by atoms with Gasteiger partial charge in [-0.3, -0.25) is 9.59 Å². The molecule has 2 aromatic carbocycles. The van der Waals surface area contributed by atoms with E-state index in [1.807, 2.05) is 24.3 Å². The van der Waals surface area contributed by atoms with Crippen LogP contribution in [-0.4, -0.2) is 35.0 Å². The van der Waals surface area contributed by atoms with E-state index in [1.54, 1.807) is 35.9 Å². The summed E-state index contributed by atoms with van der Waals surface area (Å²) in [5.74, 6) is 0.220. The topological polar surface area (TPSA) is 82.5 Å². The fraction of sp³-hybridized carbons (Fsp3) is 0.292. The summed E-state index contributed by atoms with van der Waals surface area (Å²) in [7, 11) is 0. The third-order valence-electron chi connectivity index (χ3n) is 5.23. The second-order valence-electron chi connectivity index (χ2n) is 7.66. The molecule has 1 atom stereocenters. The summed E-state index contributed by atoms with van der Waals surface area (Å²) in [6.45, 7) is 3.36. The number of nitrogens with one attached hydrogen (secondary N) is 1. The molecule has 0 saturated carbocycles. The van der Waals surface area contributed by atoms with Crippen molar-refractivity contribution in [1.82, 2.24) is 15.1 Å². The van der Waals surface area contributed by atoms with Crippen molar-refractivity contribution in [3.05, 3.63) is 86.8 Å². The molecule has 0 bridgehead atoms. The largest absolute Gasteiger partial charge is 0.491 e. The molecule has 8 heteroatoms. The lowest BCUT2D eigenvalue weighted by Crippen LogP contribution is -2.31. The third kappa shape index (κ3) is 5.36. The highest BCUT2D eigenvalue weighted by molar-refractivity contribution is 6.30. The number of benzene rings is 2. The molecule has 4 rings (SSSR count). The molecule has 0 radical (unpaired) electrons. The molecular formula is C24H24ClN3O4. The molecule has 1 aliphatic heterocycles. The van der Waals surface area contributed by atoms with Crippen LogP contribution in [0.5, 0.6) is 5.75 Å². The number of amides is 1. The summed E-state index contributed by atoms with van der Waals surface area (Å²) < 4.78 is 12.9. The minimum atomic E-state index is -0.531. The molecule has 32 heavy (non-hydrogen) atoms. The lowest BCUT2D eigenvalue weighted by Gasteiger charge is -2.12. The van der Waals surface area contributed by atoms with Crippen LogP contribution in [0.25, 0.3) is 5.69 Å². The van der Waals surface area contributed by atoms with Gasteiger partial charge >= 0.3 is 0 Å². The van der Waals surface area contributed by atoms with Gasteiger partial charge in [-0.1, -0.05) is 23.7 Å². The van der Waals surface area contributed by atoms with Crippen molar-refractivity contribution >= 4 is 17.5 Å². The monoisotopic (exact) mass is 453 g/mol.